The van der Waals surface area contributed by atoms with Gasteiger partial charge in [0.2, 0.25) is 0 Å². The molecule has 3 heterocycles. The predicted molar refractivity (Wildman–Crippen MR) is 106 cm³/mol. The van der Waals surface area contributed by atoms with Crippen molar-refractivity contribution in [2.45, 2.75) is 26.7 Å². The highest BCUT2D eigenvalue weighted by atomic mass is 16.1. The van der Waals surface area contributed by atoms with Gasteiger partial charge in [0.15, 0.2) is 5.65 Å². The van der Waals surface area contributed by atoms with Crippen LogP contribution in [0.25, 0.3) is 22.2 Å². The summed E-state index contributed by atoms with van der Waals surface area (Å²) in [5.41, 5.74) is 4.78. The Morgan fingerprint density at radius 2 is 2.00 bits per heavy atom. The first-order chi connectivity index (χ1) is 13.0. The average molecular weight is 360 g/mol. The number of rotatable bonds is 4. The van der Waals surface area contributed by atoms with E-state index in [4.69, 9.17) is 0 Å². The van der Waals surface area contributed by atoms with Crippen LogP contribution in [0.2, 0.25) is 0 Å². The molecule has 3 aromatic heterocycles. The molecule has 136 valence electrons. The molecule has 0 aliphatic carbocycles. The number of benzene rings is 1. The highest BCUT2D eigenvalue weighted by Gasteiger charge is 2.15. The fourth-order valence-corrected chi connectivity index (χ4v) is 3.12. The van der Waals surface area contributed by atoms with Gasteiger partial charge in [0.1, 0.15) is 12.1 Å². The lowest BCUT2D eigenvalue weighted by Gasteiger charge is -2.16. The van der Waals surface area contributed by atoms with E-state index in [0.717, 1.165) is 27.9 Å². The Balaban J connectivity index is 1.86. The minimum absolute atomic E-state index is 0.106. The van der Waals surface area contributed by atoms with Crippen molar-refractivity contribution in [2.75, 3.05) is 5.32 Å². The molecule has 27 heavy (non-hydrogen) atoms. The third-order valence-electron chi connectivity index (χ3n) is 4.48. The van der Waals surface area contributed by atoms with Gasteiger partial charge in [-0.1, -0.05) is 43.7 Å². The maximum atomic E-state index is 12.7. The molecule has 0 aliphatic heterocycles. The molecular formula is C20H20N6O. The van der Waals surface area contributed by atoms with E-state index in [-0.39, 0.29) is 11.5 Å². The van der Waals surface area contributed by atoms with Crippen LogP contribution in [0.1, 0.15) is 31.0 Å². The van der Waals surface area contributed by atoms with Crippen molar-refractivity contribution in [2.24, 2.45) is 0 Å². The molecule has 0 amide bonds. The molecule has 0 fully saturated rings. The Morgan fingerprint density at radius 3 is 2.78 bits per heavy atom. The summed E-state index contributed by atoms with van der Waals surface area (Å²) in [6, 6.07) is 9.79. The van der Waals surface area contributed by atoms with E-state index in [2.05, 4.69) is 30.5 Å². The van der Waals surface area contributed by atoms with Crippen LogP contribution in [0.4, 0.5) is 11.5 Å². The van der Waals surface area contributed by atoms with Crippen molar-refractivity contribution in [1.29, 1.82) is 0 Å². The highest BCUT2D eigenvalue weighted by Crippen LogP contribution is 2.29. The van der Waals surface area contributed by atoms with Gasteiger partial charge >= 0.3 is 0 Å². The first-order valence-corrected chi connectivity index (χ1v) is 8.78. The third-order valence-corrected chi connectivity index (χ3v) is 4.48. The van der Waals surface area contributed by atoms with Crippen molar-refractivity contribution in [3.8, 4) is 11.1 Å². The number of aryl methyl sites for hydroxylation is 1. The van der Waals surface area contributed by atoms with Crippen LogP contribution in [0, 0.1) is 6.92 Å². The molecule has 4 aromatic rings. The van der Waals surface area contributed by atoms with Gasteiger partial charge in [-0.2, -0.15) is 5.10 Å². The monoisotopic (exact) mass is 360 g/mol. The van der Waals surface area contributed by atoms with Gasteiger partial charge in [-0.05, 0) is 24.5 Å². The SMILES string of the molecule is Cc1cccc(-c2cc(Nc3ncnc4[nH]ncc34)c(C(C)C)[nH]c2=O)c1. The summed E-state index contributed by atoms with van der Waals surface area (Å²) in [5.74, 6) is 0.770. The predicted octanol–water partition coefficient (Wildman–Crippen LogP) is 3.88. The normalized spacial score (nSPS) is 11.3. The van der Waals surface area contributed by atoms with Crippen LogP contribution in [-0.2, 0) is 0 Å². The molecule has 7 nitrogen and oxygen atoms in total. The molecule has 4 rings (SSSR count). The summed E-state index contributed by atoms with van der Waals surface area (Å²) in [7, 11) is 0. The number of nitrogens with zero attached hydrogens (tertiary/aromatic N) is 3. The number of pyridine rings is 1. The first kappa shape index (κ1) is 17.0. The molecule has 0 atom stereocenters. The lowest BCUT2D eigenvalue weighted by Crippen LogP contribution is -2.15. The molecular weight excluding hydrogens is 340 g/mol. The van der Waals surface area contributed by atoms with E-state index in [0.29, 0.717) is 17.0 Å². The number of hydrogen-bond acceptors (Lipinski definition) is 5. The van der Waals surface area contributed by atoms with E-state index in [1.165, 1.54) is 6.33 Å². The minimum atomic E-state index is -0.106. The standard InChI is InChI=1S/C20H20N6O/c1-11(2)17-16(24-18-15-9-23-26-19(15)22-10-21-18)8-14(20(27)25-17)13-6-4-5-12(3)7-13/h4-11H,1-3H3,(H,25,27)(H2,21,22,23,24,26). The van der Waals surface area contributed by atoms with Crippen LogP contribution in [0.5, 0.6) is 0 Å². The Kier molecular flexibility index (Phi) is 4.19. The second-order valence-electron chi connectivity index (χ2n) is 6.84. The Bertz CT molecular complexity index is 1170. The van der Waals surface area contributed by atoms with Gasteiger partial charge in [0, 0.05) is 11.3 Å². The zero-order chi connectivity index (χ0) is 19.0. The summed E-state index contributed by atoms with van der Waals surface area (Å²) in [5, 5.41) is 11.0. The molecule has 3 N–H and O–H groups in total. The second-order valence-corrected chi connectivity index (χ2v) is 6.84. The van der Waals surface area contributed by atoms with Crippen molar-refractivity contribution >= 4 is 22.5 Å². The number of nitrogens with one attached hydrogen (secondary N) is 3. The quantitative estimate of drug-likeness (QED) is 0.513. The summed E-state index contributed by atoms with van der Waals surface area (Å²) in [6.45, 7) is 6.09. The lowest BCUT2D eigenvalue weighted by molar-refractivity contribution is 0.819. The number of H-pyrrole nitrogens is 2. The fraction of sp³-hybridized carbons (Fsp3) is 0.200. The minimum Gasteiger partial charge on any atom is -0.338 e. The smallest absolute Gasteiger partial charge is 0.256 e. The highest BCUT2D eigenvalue weighted by molar-refractivity contribution is 5.88. The molecule has 0 bridgehead atoms. The summed E-state index contributed by atoms with van der Waals surface area (Å²) in [4.78, 5) is 24.2. The zero-order valence-electron chi connectivity index (χ0n) is 15.4. The molecule has 0 unspecified atom stereocenters. The van der Waals surface area contributed by atoms with Gasteiger partial charge in [0.05, 0.1) is 17.3 Å². The van der Waals surface area contributed by atoms with Crippen LogP contribution >= 0.6 is 0 Å². The summed E-state index contributed by atoms with van der Waals surface area (Å²) < 4.78 is 0. The summed E-state index contributed by atoms with van der Waals surface area (Å²) in [6.07, 6.45) is 3.16. The Morgan fingerprint density at radius 1 is 1.15 bits per heavy atom. The first-order valence-electron chi connectivity index (χ1n) is 8.78. The number of fused-ring (bicyclic) bond motifs is 1. The van der Waals surface area contributed by atoms with E-state index in [9.17, 15) is 4.79 Å². The topological polar surface area (TPSA) is 99.3 Å². The second kappa shape index (κ2) is 6.68. The van der Waals surface area contributed by atoms with E-state index in [1.54, 1.807) is 6.20 Å². The zero-order valence-corrected chi connectivity index (χ0v) is 15.4. The van der Waals surface area contributed by atoms with Crippen molar-refractivity contribution < 1.29 is 0 Å². The van der Waals surface area contributed by atoms with Crippen molar-refractivity contribution in [1.82, 2.24) is 25.1 Å². The molecule has 0 saturated heterocycles. The van der Waals surface area contributed by atoms with Gasteiger partial charge in [0.25, 0.3) is 5.56 Å². The van der Waals surface area contributed by atoms with Gasteiger partial charge < -0.3 is 10.3 Å². The fourth-order valence-electron chi connectivity index (χ4n) is 3.12. The third kappa shape index (κ3) is 3.19. The largest absolute Gasteiger partial charge is 0.338 e. The van der Waals surface area contributed by atoms with Crippen LogP contribution in [0.3, 0.4) is 0 Å². The van der Waals surface area contributed by atoms with Gasteiger partial charge in [-0.3, -0.25) is 9.89 Å². The maximum absolute atomic E-state index is 12.7. The number of aromatic nitrogens is 5. The number of hydrogen-bond donors (Lipinski definition) is 3. The van der Waals surface area contributed by atoms with Crippen LogP contribution in [0.15, 0.2) is 47.7 Å². The maximum Gasteiger partial charge on any atom is 0.256 e. The molecule has 0 saturated carbocycles. The van der Waals surface area contributed by atoms with Crippen LogP contribution in [-0.4, -0.2) is 25.1 Å². The number of anilines is 2. The van der Waals surface area contributed by atoms with E-state index < -0.39 is 0 Å². The van der Waals surface area contributed by atoms with Crippen molar-refractivity contribution in [3.05, 3.63) is 64.5 Å². The van der Waals surface area contributed by atoms with E-state index in [1.807, 2.05) is 51.1 Å². The van der Waals surface area contributed by atoms with Gasteiger partial charge in [-0.25, -0.2) is 9.97 Å². The summed E-state index contributed by atoms with van der Waals surface area (Å²) >= 11 is 0. The molecule has 1 aromatic carbocycles. The molecule has 7 heteroatoms. The van der Waals surface area contributed by atoms with E-state index >= 15 is 0 Å². The Labute approximate surface area is 155 Å². The lowest BCUT2D eigenvalue weighted by atomic mass is 10.0. The molecule has 0 aliphatic rings. The Hall–Kier alpha value is -3.48. The average Bonchev–Trinajstić information content (AvgIpc) is 3.12. The van der Waals surface area contributed by atoms with Crippen molar-refractivity contribution in [3.63, 3.8) is 0 Å². The number of aromatic amines is 2. The van der Waals surface area contributed by atoms with Gasteiger partial charge in [-0.15, -0.1) is 0 Å². The molecule has 0 spiro atoms. The molecule has 0 radical (unpaired) electrons. The van der Waals surface area contributed by atoms with Crippen LogP contribution < -0.4 is 10.9 Å².